The molecule has 1 aromatic carbocycles. The lowest BCUT2D eigenvalue weighted by molar-refractivity contribution is -0.118. The summed E-state index contributed by atoms with van der Waals surface area (Å²) >= 11 is 6.84. The van der Waals surface area contributed by atoms with Gasteiger partial charge in [0.15, 0.2) is 10.6 Å². The molecule has 1 saturated heterocycles. The first-order valence-corrected chi connectivity index (χ1v) is 12.7. The number of carbonyl (C=O) groups is 1. The van der Waals surface area contributed by atoms with Gasteiger partial charge in [-0.3, -0.25) is 14.5 Å². The highest BCUT2D eigenvalue weighted by molar-refractivity contribution is 7.89. The molecule has 2 aromatic heterocycles. The van der Waals surface area contributed by atoms with E-state index in [1.54, 1.807) is 30.5 Å². The van der Waals surface area contributed by atoms with Crippen LogP contribution in [0.25, 0.3) is 10.7 Å². The van der Waals surface area contributed by atoms with Crippen LogP contribution >= 0.6 is 23.6 Å². The minimum atomic E-state index is -3.69. The van der Waals surface area contributed by atoms with Gasteiger partial charge in [0.1, 0.15) is 6.04 Å². The minimum Gasteiger partial charge on any atom is -0.379 e. The number of aromatic amines is 1. The van der Waals surface area contributed by atoms with Crippen molar-refractivity contribution in [1.29, 1.82) is 0 Å². The Kier molecular flexibility index (Phi) is 6.58. The molecule has 9 nitrogen and oxygen atoms in total. The van der Waals surface area contributed by atoms with Crippen molar-refractivity contribution in [2.75, 3.05) is 31.6 Å². The number of hydrogen-bond acceptors (Lipinski definition) is 7. The lowest BCUT2D eigenvalue weighted by Crippen LogP contribution is -2.40. The molecule has 4 rings (SSSR count). The molecule has 32 heavy (non-hydrogen) atoms. The molecule has 1 aliphatic rings. The fourth-order valence-corrected chi connectivity index (χ4v) is 6.15. The third-order valence-electron chi connectivity index (χ3n) is 5.26. The molecule has 3 aromatic rings. The van der Waals surface area contributed by atoms with Crippen molar-refractivity contribution in [3.05, 3.63) is 46.0 Å². The maximum Gasteiger partial charge on any atom is 0.247 e. The van der Waals surface area contributed by atoms with Gasteiger partial charge in [-0.2, -0.15) is 9.40 Å². The lowest BCUT2D eigenvalue weighted by Gasteiger charge is -2.27. The summed E-state index contributed by atoms with van der Waals surface area (Å²) < 4.78 is 34.9. The van der Waals surface area contributed by atoms with E-state index in [2.05, 4.69) is 15.5 Å². The SMILES string of the molecule is Cc1ccc(NC(=O)C(C)n2c(-c3cccs3)n[nH]c2=S)cc1S(=O)(=O)N1CCOCC1. The van der Waals surface area contributed by atoms with Crippen LogP contribution in [0.3, 0.4) is 0 Å². The summed E-state index contributed by atoms with van der Waals surface area (Å²) in [6.07, 6.45) is 0. The molecule has 0 aliphatic carbocycles. The summed E-state index contributed by atoms with van der Waals surface area (Å²) in [4.78, 5) is 14.1. The van der Waals surface area contributed by atoms with Crippen LogP contribution < -0.4 is 5.32 Å². The third kappa shape index (κ3) is 4.41. The number of thiophene rings is 1. The molecule has 1 amide bonds. The number of morpholine rings is 1. The largest absolute Gasteiger partial charge is 0.379 e. The molecule has 12 heteroatoms. The van der Waals surface area contributed by atoms with Crippen molar-refractivity contribution in [3.63, 3.8) is 0 Å². The van der Waals surface area contributed by atoms with Crippen LogP contribution in [0.2, 0.25) is 0 Å². The number of carbonyl (C=O) groups excluding carboxylic acids is 1. The average molecular weight is 494 g/mol. The average Bonchev–Trinajstić information content (AvgIpc) is 3.44. The van der Waals surface area contributed by atoms with Gasteiger partial charge in [0, 0.05) is 18.8 Å². The third-order valence-corrected chi connectivity index (χ3v) is 8.45. The van der Waals surface area contributed by atoms with E-state index in [1.807, 2.05) is 17.5 Å². The first-order valence-electron chi connectivity index (χ1n) is 9.99. The van der Waals surface area contributed by atoms with E-state index >= 15 is 0 Å². The second-order valence-electron chi connectivity index (χ2n) is 7.36. The molecule has 1 fully saturated rings. The molecule has 3 heterocycles. The van der Waals surface area contributed by atoms with Crippen molar-refractivity contribution in [1.82, 2.24) is 19.1 Å². The predicted octanol–water partition coefficient (Wildman–Crippen LogP) is 3.20. The quantitative estimate of drug-likeness (QED) is 0.511. The van der Waals surface area contributed by atoms with Gasteiger partial charge >= 0.3 is 0 Å². The van der Waals surface area contributed by atoms with E-state index in [9.17, 15) is 13.2 Å². The molecule has 0 bridgehead atoms. The second kappa shape index (κ2) is 9.24. The summed E-state index contributed by atoms with van der Waals surface area (Å²) in [6, 6.07) is 8.01. The smallest absolute Gasteiger partial charge is 0.247 e. The Morgan fingerprint density at radius 2 is 2.06 bits per heavy atom. The first kappa shape index (κ1) is 22.8. The van der Waals surface area contributed by atoms with Gasteiger partial charge in [0.25, 0.3) is 0 Å². The number of sulfonamides is 1. The highest BCUT2D eigenvalue weighted by Crippen LogP contribution is 2.27. The molecular weight excluding hydrogens is 470 g/mol. The number of rotatable bonds is 6. The van der Waals surface area contributed by atoms with E-state index in [4.69, 9.17) is 17.0 Å². The molecule has 2 N–H and O–H groups in total. The monoisotopic (exact) mass is 493 g/mol. The number of hydrogen-bond donors (Lipinski definition) is 2. The van der Waals surface area contributed by atoms with Crippen LogP contribution in [-0.2, 0) is 19.6 Å². The number of amides is 1. The molecule has 0 saturated carbocycles. The molecule has 170 valence electrons. The zero-order chi connectivity index (χ0) is 22.9. The number of ether oxygens (including phenoxy) is 1. The number of benzene rings is 1. The Balaban J connectivity index is 1.59. The number of anilines is 1. The first-order chi connectivity index (χ1) is 15.3. The van der Waals surface area contributed by atoms with Gasteiger partial charge < -0.3 is 10.1 Å². The van der Waals surface area contributed by atoms with Crippen LogP contribution in [0.1, 0.15) is 18.5 Å². The minimum absolute atomic E-state index is 0.170. The Bertz CT molecular complexity index is 1270. The topological polar surface area (TPSA) is 109 Å². The summed E-state index contributed by atoms with van der Waals surface area (Å²) in [6.45, 7) is 4.80. The predicted molar refractivity (Wildman–Crippen MR) is 125 cm³/mol. The zero-order valence-corrected chi connectivity index (χ0v) is 20.0. The van der Waals surface area contributed by atoms with Crippen LogP contribution in [0, 0.1) is 11.7 Å². The van der Waals surface area contributed by atoms with E-state index in [-0.39, 0.29) is 10.8 Å². The summed E-state index contributed by atoms with van der Waals surface area (Å²) in [7, 11) is -3.69. The van der Waals surface area contributed by atoms with Crippen LogP contribution in [0.15, 0.2) is 40.6 Å². The fourth-order valence-electron chi connectivity index (χ4n) is 3.49. The number of H-pyrrole nitrogens is 1. The second-order valence-corrected chi connectivity index (χ2v) is 10.6. The van der Waals surface area contributed by atoms with E-state index < -0.39 is 16.1 Å². The fraction of sp³-hybridized carbons (Fsp3) is 0.350. The Morgan fingerprint density at radius 1 is 1.31 bits per heavy atom. The molecule has 0 radical (unpaired) electrons. The Labute approximate surface area is 195 Å². The Morgan fingerprint density at radius 3 is 2.75 bits per heavy atom. The van der Waals surface area contributed by atoms with Gasteiger partial charge in [-0.1, -0.05) is 12.1 Å². The number of nitrogens with zero attached hydrogens (tertiary/aromatic N) is 3. The molecular formula is C20H23N5O4S3. The van der Waals surface area contributed by atoms with Gasteiger partial charge in [-0.05, 0) is 55.2 Å². The highest BCUT2D eigenvalue weighted by Gasteiger charge is 2.28. The summed E-state index contributed by atoms with van der Waals surface area (Å²) in [5.74, 6) is 0.242. The highest BCUT2D eigenvalue weighted by atomic mass is 32.2. The van der Waals surface area contributed by atoms with Crippen molar-refractivity contribution in [3.8, 4) is 10.7 Å². The van der Waals surface area contributed by atoms with Crippen LogP contribution in [0.5, 0.6) is 0 Å². The lowest BCUT2D eigenvalue weighted by atomic mass is 10.2. The number of aromatic nitrogens is 3. The van der Waals surface area contributed by atoms with Crippen molar-refractivity contribution in [2.24, 2.45) is 0 Å². The van der Waals surface area contributed by atoms with E-state index in [0.717, 1.165) is 4.88 Å². The number of nitrogens with one attached hydrogen (secondary N) is 2. The van der Waals surface area contributed by atoms with Crippen molar-refractivity contribution < 1.29 is 17.9 Å². The maximum absolute atomic E-state index is 13.1. The standard InChI is InChI=1S/C20H23N5O4S3/c1-13-5-6-15(12-17(13)32(27,28)24-7-9-29-10-8-24)21-19(26)14(2)25-18(22-23-20(25)30)16-4-3-11-31-16/h3-6,11-12,14H,7-10H2,1-2H3,(H,21,26)(H,23,30). The van der Waals surface area contributed by atoms with Crippen LogP contribution in [0.4, 0.5) is 5.69 Å². The van der Waals surface area contributed by atoms with E-state index in [1.165, 1.54) is 21.7 Å². The molecule has 0 spiro atoms. The van der Waals surface area contributed by atoms with Gasteiger partial charge in [-0.15, -0.1) is 11.3 Å². The van der Waals surface area contributed by atoms with Gasteiger partial charge in [-0.25, -0.2) is 8.42 Å². The molecule has 1 atom stereocenters. The zero-order valence-electron chi connectivity index (χ0n) is 17.6. The molecule has 1 unspecified atom stereocenters. The normalized spacial score (nSPS) is 16.1. The summed E-state index contributed by atoms with van der Waals surface area (Å²) in [5, 5.41) is 11.7. The van der Waals surface area contributed by atoms with E-state index in [0.29, 0.717) is 48.1 Å². The molecule has 1 aliphatic heterocycles. The maximum atomic E-state index is 13.1. The number of aryl methyl sites for hydroxylation is 1. The van der Waals surface area contributed by atoms with Gasteiger partial charge in [0.05, 0.1) is 23.0 Å². The van der Waals surface area contributed by atoms with Crippen LogP contribution in [-0.4, -0.2) is 59.7 Å². The van der Waals surface area contributed by atoms with Gasteiger partial charge in [0.2, 0.25) is 15.9 Å². The van der Waals surface area contributed by atoms with Crippen molar-refractivity contribution in [2.45, 2.75) is 24.8 Å². The Hall–Kier alpha value is -2.38. The summed E-state index contributed by atoms with van der Waals surface area (Å²) in [5.41, 5.74) is 1.01. The van der Waals surface area contributed by atoms with Crippen molar-refractivity contribution >= 4 is 45.2 Å².